The number of rotatable bonds is 2. The molecule has 0 aliphatic carbocycles. The Morgan fingerprint density at radius 2 is 1.47 bits per heavy atom. The van der Waals surface area contributed by atoms with Crippen molar-refractivity contribution in [2.75, 3.05) is 0 Å². The van der Waals surface area contributed by atoms with Crippen LogP contribution in [0.3, 0.4) is 0 Å². The molecule has 0 radical (unpaired) electrons. The predicted octanol–water partition coefficient (Wildman–Crippen LogP) is 2.16. The third kappa shape index (κ3) is 2.07. The van der Waals surface area contributed by atoms with Crippen molar-refractivity contribution in [2.24, 2.45) is 12.8 Å². The van der Waals surface area contributed by atoms with Gasteiger partial charge >= 0.3 is 0 Å². The van der Waals surface area contributed by atoms with Crippen molar-refractivity contribution < 1.29 is 22.0 Å². The summed E-state index contributed by atoms with van der Waals surface area (Å²) in [5.41, 5.74) is 4.40. The highest BCUT2D eigenvalue weighted by atomic mass is 19.2. The van der Waals surface area contributed by atoms with Gasteiger partial charge in [-0.2, -0.15) is 5.10 Å². The molecule has 1 aromatic carbocycles. The van der Waals surface area contributed by atoms with Gasteiger partial charge in [-0.15, -0.1) is 0 Å². The molecule has 0 aliphatic rings. The Labute approximate surface area is 104 Å². The van der Waals surface area contributed by atoms with Crippen LogP contribution in [0, 0.1) is 29.1 Å². The first-order chi connectivity index (χ1) is 8.84. The van der Waals surface area contributed by atoms with Crippen molar-refractivity contribution >= 4 is 0 Å². The average molecular weight is 277 g/mol. The molecule has 0 fully saturated rings. The second-order valence-corrected chi connectivity index (χ2v) is 3.88. The van der Waals surface area contributed by atoms with Crippen LogP contribution in [0.25, 0.3) is 0 Å². The number of nitrogens with zero attached hydrogens (tertiary/aromatic N) is 2. The van der Waals surface area contributed by atoms with Crippen molar-refractivity contribution in [3.63, 3.8) is 0 Å². The summed E-state index contributed by atoms with van der Waals surface area (Å²) in [5, 5.41) is 3.77. The zero-order valence-corrected chi connectivity index (χ0v) is 9.59. The molecule has 2 N–H and O–H groups in total. The summed E-state index contributed by atoms with van der Waals surface area (Å²) in [6, 6.07) is -0.228. The standard InChI is InChI=1S/C11H8F5N3/c1-19-3-2-4(18-19)11(17)5-6(12)8(14)10(16)9(15)7(5)13/h2-3,11H,17H2,1H3. The lowest BCUT2D eigenvalue weighted by atomic mass is 10.0. The molecule has 8 heteroatoms. The molecule has 0 amide bonds. The average Bonchev–Trinajstić information content (AvgIpc) is 2.81. The van der Waals surface area contributed by atoms with Crippen molar-refractivity contribution in [2.45, 2.75) is 6.04 Å². The molecule has 0 aliphatic heterocycles. The van der Waals surface area contributed by atoms with Crippen LogP contribution < -0.4 is 5.73 Å². The molecule has 102 valence electrons. The SMILES string of the molecule is Cn1ccc(C(N)c2c(F)c(F)c(F)c(F)c2F)n1. The van der Waals surface area contributed by atoms with E-state index in [-0.39, 0.29) is 5.69 Å². The number of aryl methyl sites for hydroxylation is 1. The third-order valence-corrected chi connectivity index (χ3v) is 2.61. The minimum Gasteiger partial charge on any atom is -0.319 e. The monoisotopic (exact) mass is 277 g/mol. The quantitative estimate of drug-likeness (QED) is 0.519. The van der Waals surface area contributed by atoms with Gasteiger partial charge in [0.15, 0.2) is 23.3 Å². The minimum atomic E-state index is -2.22. The fraction of sp³-hybridized carbons (Fsp3) is 0.182. The summed E-state index contributed by atoms with van der Waals surface area (Å²) in [6.07, 6.45) is 1.43. The van der Waals surface area contributed by atoms with E-state index in [2.05, 4.69) is 5.10 Å². The van der Waals surface area contributed by atoms with E-state index in [1.165, 1.54) is 24.0 Å². The molecule has 0 spiro atoms. The van der Waals surface area contributed by atoms with Crippen LogP contribution in [-0.2, 0) is 7.05 Å². The summed E-state index contributed by atoms with van der Waals surface area (Å²) in [6.45, 7) is 0. The van der Waals surface area contributed by atoms with E-state index < -0.39 is 40.7 Å². The lowest BCUT2D eigenvalue weighted by Gasteiger charge is -2.13. The Bertz CT molecular complexity index is 608. The van der Waals surface area contributed by atoms with Gasteiger partial charge in [0.2, 0.25) is 5.82 Å². The largest absolute Gasteiger partial charge is 0.319 e. The van der Waals surface area contributed by atoms with Crippen molar-refractivity contribution in [3.05, 3.63) is 52.6 Å². The highest BCUT2D eigenvalue weighted by Crippen LogP contribution is 2.29. The highest BCUT2D eigenvalue weighted by molar-refractivity contribution is 5.31. The fourth-order valence-electron chi connectivity index (χ4n) is 1.64. The maximum atomic E-state index is 13.5. The van der Waals surface area contributed by atoms with E-state index in [0.29, 0.717) is 0 Å². The van der Waals surface area contributed by atoms with E-state index in [1.807, 2.05) is 0 Å². The number of aromatic nitrogens is 2. The van der Waals surface area contributed by atoms with E-state index >= 15 is 0 Å². The van der Waals surface area contributed by atoms with Gasteiger partial charge in [0, 0.05) is 13.2 Å². The second-order valence-electron chi connectivity index (χ2n) is 3.88. The van der Waals surface area contributed by atoms with Crippen LogP contribution in [0.5, 0.6) is 0 Å². The molecule has 1 atom stereocenters. The first-order valence-electron chi connectivity index (χ1n) is 5.11. The van der Waals surface area contributed by atoms with Gasteiger partial charge in [0.25, 0.3) is 0 Å². The van der Waals surface area contributed by atoms with Crippen LogP contribution >= 0.6 is 0 Å². The molecule has 1 unspecified atom stereocenters. The maximum absolute atomic E-state index is 13.5. The normalized spacial score (nSPS) is 12.8. The molecular weight excluding hydrogens is 269 g/mol. The molecule has 1 aromatic heterocycles. The molecular formula is C11H8F5N3. The summed E-state index contributed by atoms with van der Waals surface area (Å²) < 4.78 is 67.3. The first-order valence-corrected chi connectivity index (χ1v) is 5.11. The smallest absolute Gasteiger partial charge is 0.200 e. The first kappa shape index (κ1) is 13.5. The number of hydrogen-bond acceptors (Lipinski definition) is 2. The zero-order chi connectivity index (χ0) is 14.3. The van der Waals surface area contributed by atoms with Crippen LogP contribution in [0.2, 0.25) is 0 Å². The van der Waals surface area contributed by atoms with Gasteiger partial charge in [-0.3, -0.25) is 4.68 Å². The van der Waals surface area contributed by atoms with E-state index in [0.717, 1.165) is 0 Å². The van der Waals surface area contributed by atoms with Crippen LogP contribution in [0.1, 0.15) is 17.3 Å². The van der Waals surface area contributed by atoms with Crippen LogP contribution in [-0.4, -0.2) is 9.78 Å². The van der Waals surface area contributed by atoms with E-state index in [9.17, 15) is 22.0 Å². The van der Waals surface area contributed by atoms with Crippen molar-refractivity contribution in [1.29, 1.82) is 0 Å². The minimum absolute atomic E-state index is 0.00860. The number of benzene rings is 1. The maximum Gasteiger partial charge on any atom is 0.200 e. The molecule has 0 bridgehead atoms. The van der Waals surface area contributed by atoms with E-state index in [4.69, 9.17) is 5.73 Å². The lowest BCUT2D eigenvalue weighted by Crippen LogP contribution is -2.19. The highest BCUT2D eigenvalue weighted by Gasteiger charge is 2.30. The van der Waals surface area contributed by atoms with Gasteiger partial charge < -0.3 is 5.73 Å². The molecule has 2 aromatic rings. The molecule has 0 saturated carbocycles. The van der Waals surface area contributed by atoms with Gasteiger partial charge in [0.1, 0.15) is 0 Å². The Kier molecular flexibility index (Phi) is 3.27. The summed E-state index contributed by atoms with van der Waals surface area (Å²) in [5.74, 6) is -10.2. The molecule has 1 heterocycles. The molecule has 3 nitrogen and oxygen atoms in total. The topological polar surface area (TPSA) is 43.8 Å². The Morgan fingerprint density at radius 1 is 1.00 bits per heavy atom. The lowest BCUT2D eigenvalue weighted by molar-refractivity contribution is 0.366. The van der Waals surface area contributed by atoms with Gasteiger partial charge in [-0.1, -0.05) is 0 Å². The predicted molar refractivity (Wildman–Crippen MR) is 55.5 cm³/mol. The third-order valence-electron chi connectivity index (χ3n) is 2.61. The fourth-order valence-corrected chi connectivity index (χ4v) is 1.64. The Morgan fingerprint density at radius 3 is 1.89 bits per heavy atom. The summed E-state index contributed by atoms with van der Waals surface area (Å²) >= 11 is 0. The Hall–Kier alpha value is -1.96. The van der Waals surface area contributed by atoms with Gasteiger partial charge in [-0.05, 0) is 6.07 Å². The molecule has 19 heavy (non-hydrogen) atoms. The van der Waals surface area contributed by atoms with Crippen LogP contribution in [0.4, 0.5) is 22.0 Å². The van der Waals surface area contributed by atoms with Gasteiger partial charge in [0.05, 0.1) is 17.3 Å². The Balaban J connectivity index is 2.63. The second kappa shape index (κ2) is 4.61. The zero-order valence-electron chi connectivity index (χ0n) is 9.59. The van der Waals surface area contributed by atoms with Crippen molar-refractivity contribution in [3.8, 4) is 0 Å². The summed E-state index contributed by atoms with van der Waals surface area (Å²) in [4.78, 5) is 0. The van der Waals surface area contributed by atoms with Crippen molar-refractivity contribution in [1.82, 2.24) is 9.78 Å². The molecule has 0 saturated heterocycles. The summed E-state index contributed by atoms with van der Waals surface area (Å²) in [7, 11) is 1.52. The number of nitrogens with two attached hydrogens (primary N) is 1. The number of hydrogen-bond donors (Lipinski definition) is 1. The van der Waals surface area contributed by atoms with E-state index in [1.54, 1.807) is 0 Å². The van der Waals surface area contributed by atoms with Crippen LogP contribution in [0.15, 0.2) is 12.3 Å². The van der Waals surface area contributed by atoms with Gasteiger partial charge in [-0.25, -0.2) is 22.0 Å². The number of halogens is 5. The molecule has 2 rings (SSSR count).